The van der Waals surface area contributed by atoms with Crippen LogP contribution in [0.2, 0.25) is 0 Å². The average Bonchev–Trinajstić information content (AvgIpc) is 3.46. The first-order valence-electron chi connectivity index (χ1n) is 11.3. The topological polar surface area (TPSA) is 49.3 Å². The Hall–Kier alpha value is -0.900. The molecule has 30 heavy (non-hydrogen) atoms. The normalized spacial score (nSPS) is 27.8. The summed E-state index contributed by atoms with van der Waals surface area (Å²) in [6, 6.07) is 10.8. The Balaban J connectivity index is 0.00000256. The molecule has 3 aliphatic heterocycles. The molecule has 1 aromatic carbocycles. The zero-order chi connectivity index (χ0) is 19.9. The molecule has 3 saturated heterocycles. The summed E-state index contributed by atoms with van der Waals surface area (Å²) in [5.41, 5.74) is 1.43. The minimum Gasteiger partial charge on any atom is -0.375 e. The molecule has 0 aromatic heterocycles. The maximum absolute atomic E-state index is 5.99. The van der Waals surface area contributed by atoms with Crippen LogP contribution in [0.3, 0.4) is 0 Å². The number of hydrogen-bond donors (Lipinski definition) is 1. The second-order valence-corrected chi connectivity index (χ2v) is 8.53. The molecule has 0 amide bonds. The van der Waals surface area contributed by atoms with E-state index in [9.17, 15) is 0 Å². The molecule has 6 nitrogen and oxygen atoms in total. The summed E-state index contributed by atoms with van der Waals surface area (Å²) in [5.74, 6) is 1.71. The van der Waals surface area contributed by atoms with Crippen LogP contribution in [0.15, 0.2) is 35.3 Å². The number of hydrogen-bond acceptors (Lipinski definition) is 4. The molecule has 7 heteroatoms. The Morgan fingerprint density at radius 1 is 1.07 bits per heavy atom. The number of likely N-dealkylation sites (tertiary alicyclic amines) is 1. The molecule has 3 heterocycles. The smallest absolute Gasteiger partial charge is 0.193 e. The maximum Gasteiger partial charge on any atom is 0.193 e. The van der Waals surface area contributed by atoms with Gasteiger partial charge in [0.25, 0.3) is 0 Å². The van der Waals surface area contributed by atoms with Crippen molar-refractivity contribution in [2.45, 2.75) is 37.9 Å². The van der Waals surface area contributed by atoms with Crippen molar-refractivity contribution in [2.75, 3.05) is 59.5 Å². The molecule has 0 radical (unpaired) electrons. The van der Waals surface area contributed by atoms with E-state index in [1.807, 2.05) is 7.05 Å². The van der Waals surface area contributed by atoms with Gasteiger partial charge in [-0.1, -0.05) is 30.3 Å². The van der Waals surface area contributed by atoms with E-state index in [0.29, 0.717) is 5.92 Å². The number of aliphatic imine (C=N–C) groups is 1. The number of ether oxygens (including phenoxy) is 2. The Morgan fingerprint density at radius 2 is 1.90 bits per heavy atom. The molecule has 0 bridgehead atoms. The number of nitrogens with zero attached hydrogens (tertiary/aromatic N) is 3. The fourth-order valence-corrected chi connectivity index (χ4v) is 4.77. The quantitative estimate of drug-likeness (QED) is 0.350. The van der Waals surface area contributed by atoms with Gasteiger partial charge < -0.3 is 24.6 Å². The summed E-state index contributed by atoms with van der Waals surface area (Å²) in [4.78, 5) is 9.50. The number of morpholine rings is 1. The van der Waals surface area contributed by atoms with E-state index < -0.39 is 0 Å². The highest BCUT2D eigenvalue weighted by atomic mass is 127. The predicted molar refractivity (Wildman–Crippen MR) is 132 cm³/mol. The Labute approximate surface area is 198 Å². The van der Waals surface area contributed by atoms with Crippen molar-refractivity contribution in [1.29, 1.82) is 0 Å². The second kappa shape index (κ2) is 12.2. The van der Waals surface area contributed by atoms with E-state index in [1.54, 1.807) is 0 Å². The first-order valence-corrected chi connectivity index (χ1v) is 11.3. The zero-order valence-electron chi connectivity index (χ0n) is 18.2. The lowest BCUT2D eigenvalue weighted by Gasteiger charge is -2.37. The molecule has 168 valence electrons. The molecular formula is C23H37IN4O2. The molecule has 3 aliphatic rings. The van der Waals surface area contributed by atoms with Crippen molar-refractivity contribution in [3.8, 4) is 0 Å². The highest BCUT2D eigenvalue weighted by Gasteiger charge is 2.32. The van der Waals surface area contributed by atoms with Gasteiger partial charge in [-0.05, 0) is 43.7 Å². The third-order valence-electron chi connectivity index (χ3n) is 6.46. The highest BCUT2D eigenvalue weighted by Crippen LogP contribution is 2.21. The predicted octanol–water partition coefficient (Wildman–Crippen LogP) is 2.62. The molecule has 4 rings (SSSR count). The van der Waals surface area contributed by atoms with E-state index in [0.717, 1.165) is 64.6 Å². The number of benzene rings is 1. The van der Waals surface area contributed by atoms with E-state index in [1.165, 1.54) is 25.1 Å². The number of rotatable bonds is 6. The van der Waals surface area contributed by atoms with Gasteiger partial charge >= 0.3 is 0 Å². The summed E-state index contributed by atoms with van der Waals surface area (Å²) in [6.07, 6.45) is 5.10. The summed E-state index contributed by atoms with van der Waals surface area (Å²) < 4.78 is 11.8. The fraction of sp³-hybridized carbons (Fsp3) is 0.696. The van der Waals surface area contributed by atoms with Gasteiger partial charge in [-0.25, -0.2) is 0 Å². The van der Waals surface area contributed by atoms with Crippen molar-refractivity contribution in [3.63, 3.8) is 0 Å². The highest BCUT2D eigenvalue weighted by molar-refractivity contribution is 14.0. The van der Waals surface area contributed by atoms with Crippen LogP contribution in [0.4, 0.5) is 0 Å². The van der Waals surface area contributed by atoms with E-state index in [2.05, 4.69) is 50.4 Å². The Morgan fingerprint density at radius 3 is 2.67 bits per heavy atom. The molecule has 0 aliphatic carbocycles. The molecule has 3 fully saturated rings. The molecule has 0 saturated carbocycles. The lowest BCUT2D eigenvalue weighted by Crippen LogP contribution is -2.53. The summed E-state index contributed by atoms with van der Waals surface area (Å²) >= 11 is 0. The molecule has 3 unspecified atom stereocenters. The van der Waals surface area contributed by atoms with Crippen LogP contribution in [-0.2, 0) is 15.9 Å². The molecule has 1 aromatic rings. The van der Waals surface area contributed by atoms with Crippen molar-refractivity contribution in [2.24, 2.45) is 10.9 Å². The van der Waals surface area contributed by atoms with Crippen molar-refractivity contribution in [1.82, 2.24) is 15.1 Å². The van der Waals surface area contributed by atoms with Crippen LogP contribution in [-0.4, -0.2) is 87.5 Å². The minimum absolute atomic E-state index is 0. The van der Waals surface area contributed by atoms with Crippen LogP contribution in [0.1, 0.15) is 24.8 Å². The Bertz CT molecular complexity index is 654. The van der Waals surface area contributed by atoms with Crippen molar-refractivity contribution >= 4 is 29.9 Å². The molecule has 3 atom stereocenters. The first-order chi connectivity index (χ1) is 14.3. The van der Waals surface area contributed by atoms with Crippen LogP contribution in [0.5, 0.6) is 0 Å². The van der Waals surface area contributed by atoms with Gasteiger partial charge in [0.05, 0.1) is 12.7 Å². The van der Waals surface area contributed by atoms with Gasteiger partial charge in [-0.3, -0.25) is 4.99 Å². The molecular weight excluding hydrogens is 491 g/mol. The van der Waals surface area contributed by atoms with Crippen LogP contribution in [0, 0.1) is 5.92 Å². The van der Waals surface area contributed by atoms with Crippen molar-refractivity contribution in [3.05, 3.63) is 35.9 Å². The Kier molecular flexibility index (Phi) is 9.67. The lowest BCUT2D eigenvalue weighted by atomic mass is 10.1. The standard InChI is InChI=1S/C23H36N4O2.HI/c1-24-23(27-13-15-29-22(18-27)21-8-5-14-28-21)25-16-20-10-12-26(17-20)11-9-19-6-3-2-4-7-19;/h2-4,6-7,20-22H,5,8-18H2,1H3,(H,24,25);1H. The minimum atomic E-state index is 0. The molecule has 1 N–H and O–H groups in total. The first kappa shape index (κ1) is 23.8. The monoisotopic (exact) mass is 528 g/mol. The van der Waals surface area contributed by atoms with Gasteiger partial charge in [0.15, 0.2) is 5.96 Å². The number of nitrogens with one attached hydrogen (secondary N) is 1. The number of guanidine groups is 1. The van der Waals surface area contributed by atoms with Gasteiger partial charge in [-0.2, -0.15) is 0 Å². The van der Waals surface area contributed by atoms with Crippen LogP contribution >= 0.6 is 24.0 Å². The van der Waals surface area contributed by atoms with Gasteiger partial charge in [0, 0.05) is 46.4 Å². The van der Waals surface area contributed by atoms with Crippen LogP contribution in [0.25, 0.3) is 0 Å². The van der Waals surface area contributed by atoms with Gasteiger partial charge in [-0.15, -0.1) is 24.0 Å². The third-order valence-corrected chi connectivity index (χ3v) is 6.46. The van der Waals surface area contributed by atoms with E-state index in [-0.39, 0.29) is 36.2 Å². The van der Waals surface area contributed by atoms with Crippen molar-refractivity contribution < 1.29 is 9.47 Å². The maximum atomic E-state index is 5.99. The van der Waals surface area contributed by atoms with Gasteiger partial charge in [0.1, 0.15) is 6.10 Å². The van der Waals surface area contributed by atoms with E-state index >= 15 is 0 Å². The zero-order valence-corrected chi connectivity index (χ0v) is 20.5. The average molecular weight is 528 g/mol. The summed E-state index contributed by atoms with van der Waals surface area (Å²) in [6.45, 7) is 7.93. The van der Waals surface area contributed by atoms with E-state index in [4.69, 9.17) is 9.47 Å². The molecule has 0 spiro atoms. The van der Waals surface area contributed by atoms with Crippen LogP contribution < -0.4 is 5.32 Å². The lowest BCUT2D eigenvalue weighted by molar-refractivity contribution is -0.0817. The summed E-state index contributed by atoms with van der Waals surface area (Å²) in [5, 5.41) is 3.64. The number of halogens is 1. The fourth-order valence-electron chi connectivity index (χ4n) is 4.77. The third kappa shape index (κ3) is 6.55. The SMILES string of the molecule is CN=C(NCC1CCN(CCc2ccccc2)C1)N1CCOC(C2CCCO2)C1.I. The van der Waals surface area contributed by atoms with Gasteiger partial charge in [0.2, 0.25) is 0 Å². The largest absolute Gasteiger partial charge is 0.375 e. The summed E-state index contributed by atoms with van der Waals surface area (Å²) in [7, 11) is 1.89. The second-order valence-electron chi connectivity index (χ2n) is 8.53.